The van der Waals surface area contributed by atoms with Crippen LogP contribution in [0.25, 0.3) is 0 Å². The van der Waals surface area contributed by atoms with Crippen LogP contribution in [0.5, 0.6) is 0 Å². The Bertz CT molecular complexity index is 588. The fraction of sp³-hybridized carbons (Fsp3) is 0.529. The van der Waals surface area contributed by atoms with Crippen molar-refractivity contribution in [3.8, 4) is 0 Å². The molecule has 0 radical (unpaired) electrons. The summed E-state index contributed by atoms with van der Waals surface area (Å²) in [6.07, 6.45) is 2.53. The molecule has 2 nitrogen and oxygen atoms in total. The lowest BCUT2D eigenvalue weighted by Crippen LogP contribution is -2.26. The lowest BCUT2D eigenvalue weighted by atomic mass is 9.84. The average Bonchev–Trinajstić information content (AvgIpc) is 3.12. The Hall–Kier alpha value is -1.09. The molecular formula is C17H20O2S. The molecule has 2 fully saturated rings. The number of thioether (sulfide) groups is 1. The van der Waals surface area contributed by atoms with Gasteiger partial charge in [-0.2, -0.15) is 0 Å². The van der Waals surface area contributed by atoms with Crippen molar-refractivity contribution in [1.29, 1.82) is 0 Å². The van der Waals surface area contributed by atoms with Crippen LogP contribution in [0.4, 0.5) is 0 Å². The van der Waals surface area contributed by atoms with Crippen LogP contribution >= 0.6 is 11.8 Å². The highest BCUT2D eigenvalue weighted by atomic mass is 32.2. The molecule has 1 aromatic rings. The quantitative estimate of drug-likeness (QED) is 0.774. The second kappa shape index (κ2) is 4.45. The van der Waals surface area contributed by atoms with Crippen LogP contribution in [0.2, 0.25) is 0 Å². The van der Waals surface area contributed by atoms with E-state index in [1.54, 1.807) is 0 Å². The number of hydrogen-bond donors (Lipinski definition) is 0. The molecule has 1 saturated carbocycles. The Morgan fingerprint density at radius 1 is 1.10 bits per heavy atom. The first-order valence-electron chi connectivity index (χ1n) is 7.19. The molecule has 0 aromatic heterocycles. The third-order valence-electron chi connectivity index (χ3n) is 4.40. The molecule has 0 N–H and O–H groups in total. The van der Waals surface area contributed by atoms with Crippen LogP contribution < -0.4 is 0 Å². The second-order valence-corrected chi connectivity index (χ2v) is 8.20. The van der Waals surface area contributed by atoms with Crippen molar-refractivity contribution in [2.75, 3.05) is 0 Å². The third-order valence-corrected chi connectivity index (χ3v) is 5.55. The average molecular weight is 288 g/mol. The Labute approximate surface area is 124 Å². The third kappa shape index (κ3) is 2.12. The second-order valence-electron chi connectivity index (χ2n) is 6.57. The molecule has 20 heavy (non-hydrogen) atoms. The number of carbonyl (C=O) groups excluding carboxylic acids is 2. The molecule has 0 bridgehead atoms. The molecule has 1 atom stereocenters. The van der Waals surface area contributed by atoms with Crippen molar-refractivity contribution < 1.29 is 9.59 Å². The van der Waals surface area contributed by atoms with E-state index in [9.17, 15) is 9.59 Å². The molecule has 2 aliphatic rings. The van der Waals surface area contributed by atoms with E-state index in [-0.39, 0.29) is 10.9 Å². The fourth-order valence-corrected chi connectivity index (χ4v) is 4.24. The molecule has 1 heterocycles. The van der Waals surface area contributed by atoms with E-state index in [4.69, 9.17) is 0 Å². The van der Waals surface area contributed by atoms with Crippen molar-refractivity contribution in [2.24, 2.45) is 0 Å². The van der Waals surface area contributed by atoms with Crippen LogP contribution in [0.3, 0.4) is 0 Å². The number of carbonyl (C=O) groups is 2. The van der Waals surface area contributed by atoms with E-state index in [2.05, 4.69) is 12.1 Å². The zero-order valence-electron chi connectivity index (χ0n) is 12.4. The maximum Gasteiger partial charge on any atom is 0.204 e. The highest BCUT2D eigenvalue weighted by Crippen LogP contribution is 2.47. The summed E-state index contributed by atoms with van der Waals surface area (Å²) in [6.45, 7) is 7.76. The highest BCUT2D eigenvalue weighted by Gasteiger charge is 2.49. The largest absolute Gasteiger partial charge is 0.297 e. The van der Waals surface area contributed by atoms with Gasteiger partial charge in [0.15, 0.2) is 5.78 Å². The van der Waals surface area contributed by atoms with Gasteiger partial charge >= 0.3 is 0 Å². The SMILES string of the molecule is Cc1cc(C2CC2)cc(C)c1C1C(=O)SC(C)(C)C1=O. The normalized spacial score (nSPS) is 25.3. The molecule has 1 saturated heterocycles. The predicted octanol–water partition coefficient (Wildman–Crippen LogP) is 3.89. The first-order chi connectivity index (χ1) is 9.31. The number of hydrogen-bond acceptors (Lipinski definition) is 3. The predicted molar refractivity (Wildman–Crippen MR) is 82.3 cm³/mol. The first-order valence-corrected chi connectivity index (χ1v) is 8.01. The number of aryl methyl sites for hydroxylation is 2. The van der Waals surface area contributed by atoms with E-state index in [0.717, 1.165) is 16.7 Å². The van der Waals surface area contributed by atoms with Crippen LogP contribution in [-0.4, -0.2) is 15.6 Å². The van der Waals surface area contributed by atoms with Crippen molar-refractivity contribution >= 4 is 22.7 Å². The van der Waals surface area contributed by atoms with Crippen molar-refractivity contribution in [3.05, 3.63) is 34.4 Å². The number of benzene rings is 1. The van der Waals surface area contributed by atoms with Crippen molar-refractivity contribution in [2.45, 2.75) is 57.1 Å². The van der Waals surface area contributed by atoms with Crippen LogP contribution in [0.15, 0.2) is 12.1 Å². The molecule has 3 rings (SSSR count). The summed E-state index contributed by atoms with van der Waals surface area (Å²) in [7, 11) is 0. The smallest absolute Gasteiger partial charge is 0.204 e. The number of Topliss-reactive ketones (excluding diaryl/α,β-unsaturated/α-hetero) is 1. The Kier molecular flexibility index (Phi) is 3.09. The summed E-state index contributed by atoms with van der Waals surface area (Å²) < 4.78 is -0.588. The Morgan fingerprint density at radius 2 is 1.65 bits per heavy atom. The summed E-state index contributed by atoms with van der Waals surface area (Å²) >= 11 is 1.19. The maximum absolute atomic E-state index is 12.5. The Morgan fingerprint density at radius 3 is 2.05 bits per heavy atom. The maximum atomic E-state index is 12.5. The van der Waals surface area contributed by atoms with E-state index < -0.39 is 10.7 Å². The molecule has 0 amide bonds. The zero-order chi connectivity index (χ0) is 14.7. The summed E-state index contributed by atoms with van der Waals surface area (Å²) in [5.74, 6) is 0.184. The van der Waals surface area contributed by atoms with E-state index in [0.29, 0.717) is 5.92 Å². The van der Waals surface area contributed by atoms with Gasteiger partial charge in [-0.3, -0.25) is 9.59 Å². The molecule has 1 aliphatic carbocycles. The van der Waals surface area contributed by atoms with Gasteiger partial charge in [0.25, 0.3) is 0 Å². The minimum absolute atomic E-state index is 0.00497. The zero-order valence-corrected chi connectivity index (χ0v) is 13.3. The van der Waals surface area contributed by atoms with Gasteiger partial charge in [0.2, 0.25) is 5.12 Å². The van der Waals surface area contributed by atoms with Crippen molar-refractivity contribution in [3.63, 3.8) is 0 Å². The summed E-state index contributed by atoms with van der Waals surface area (Å²) in [6, 6.07) is 4.35. The lowest BCUT2D eigenvalue weighted by Gasteiger charge is -2.18. The summed E-state index contributed by atoms with van der Waals surface area (Å²) in [5.41, 5.74) is 4.50. The van der Waals surface area contributed by atoms with Gasteiger partial charge in [-0.15, -0.1) is 0 Å². The monoisotopic (exact) mass is 288 g/mol. The highest BCUT2D eigenvalue weighted by molar-refractivity contribution is 8.16. The molecule has 1 unspecified atom stereocenters. The summed E-state index contributed by atoms with van der Waals surface area (Å²) in [5, 5.41) is 0.00497. The van der Waals surface area contributed by atoms with Gasteiger partial charge in [-0.25, -0.2) is 0 Å². The summed E-state index contributed by atoms with van der Waals surface area (Å²) in [4.78, 5) is 24.8. The standard InChI is InChI=1S/C17H20O2S/c1-9-7-12(11-5-6-11)8-10(2)13(9)14-15(18)17(3,4)20-16(14)19/h7-8,11,14H,5-6H2,1-4H3. The lowest BCUT2D eigenvalue weighted by molar-refractivity contribution is -0.124. The van der Waals surface area contributed by atoms with Gasteiger partial charge < -0.3 is 0 Å². The molecule has 106 valence electrons. The first kappa shape index (κ1) is 13.9. The van der Waals surface area contributed by atoms with E-state index in [1.807, 2.05) is 27.7 Å². The molecule has 3 heteroatoms. The van der Waals surface area contributed by atoms with Crippen LogP contribution in [0.1, 0.15) is 60.8 Å². The minimum Gasteiger partial charge on any atom is -0.297 e. The van der Waals surface area contributed by atoms with Gasteiger partial charge in [-0.05, 0) is 68.7 Å². The van der Waals surface area contributed by atoms with Crippen molar-refractivity contribution in [1.82, 2.24) is 0 Å². The topological polar surface area (TPSA) is 34.1 Å². The molecule has 0 spiro atoms. The molecule has 1 aliphatic heterocycles. The minimum atomic E-state index is -0.588. The van der Waals surface area contributed by atoms with Gasteiger partial charge in [-0.1, -0.05) is 23.9 Å². The molecule has 1 aromatic carbocycles. The van der Waals surface area contributed by atoms with E-state index in [1.165, 1.54) is 30.2 Å². The van der Waals surface area contributed by atoms with Gasteiger partial charge in [0.05, 0.1) is 4.75 Å². The van der Waals surface area contributed by atoms with Crippen LogP contribution in [0, 0.1) is 13.8 Å². The van der Waals surface area contributed by atoms with E-state index >= 15 is 0 Å². The number of ketones is 1. The number of rotatable bonds is 2. The fourth-order valence-electron chi connectivity index (χ4n) is 3.18. The van der Waals surface area contributed by atoms with Gasteiger partial charge in [0, 0.05) is 0 Å². The van der Waals surface area contributed by atoms with Crippen LogP contribution in [-0.2, 0) is 9.59 Å². The van der Waals surface area contributed by atoms with Gasteiger partial charge in [0.1, 0.15) is 5.92 Å². The Balaban J connectivity index is 2.06. The molecular weight excluding hydrogens is 268 g/mol.